The Kier molecular flexibility index (Phi) is 3.65. The fourth-order valence-electron chi connectivity index (χ4n) is 4.07. The quantitative estimate of drug-likeness (QED) is 0.827. The van der Waals surface area contributed by atoms with Crippen LogP contribution in [0.2, 0.25) is 0 Å². The summed E-state index contributed by atoms with van der Waals surface area (Å²) in [5.41, 5.74) is 1.71. The van der Waals surface area contributed by atoms with Gasteiger partial charge in [0.25, 0.3) is 0 Å². The van der Waals surface area contributed by atoms with Crippen molar-refractivity contribution in [2.75, 3.05) is 26.7 Å². The predicted octanol–water partition coefficient (Wildman–Crippen LogP) is 1.87. The zero-order valence-electron chi connectivity index (χ0n) is 14.9. The van der Waals surface area contributed by atoms with Crippen molar-refractivity contribution in [3.8, 4) is 6.07 Å². The van der Waals surface area contributed by atoms with Gasteiger partial charge >= 0.3 is 6.09 Å². The SMILES string of the molecule is Cc1c(C#N)c2ccccc2n1CC(=O)N1CC[C@@]2(CN(C)C(=O)O2)C1. The normalized spacial score (nSPS) is 22.3. The number of ether oxygens (including phenoxy) is 1. The summed E-state index contributed by atoms with van der Waals surface area (Å²) in [5.74, 6) is -0.0270. The first-order chi connectivity index (χ1) is 12.4. The lowest BCUT2D eigenvalue weighted by Gasteiger charge is -2.22. The molecule has 2 saturated heterocycles. The summed E-state index contributed by atoms with van der Waals surface area (Å²) in [7, 11) is 1.71. The number of amides is 2. The molecule has 7 nitrogen and oxygen atoms in total. The van der Waals surface area contributed by atoms with E-state index in [1.54, 1.807) is 16.8 Å². The molecule has 26 heavy (non-hydrogen) atoms. The second-order valence-electron chi connectivity index (χ2n) is 7.15. The van der Waals surface area contributed by atoms with E-state index in [0.29, 0.717) is 31.6 Å². The van der Waals surface area contributed by atoms with Gasteiger partial charge in [-0.1, -0.05) is 18.2 Å². The van der Waals surface area contributed by atoms with Gasteiger partial charge in [0.1, 0.15) is 12.6 Å². The maximum absolute atomic E-state index is 12.9. The molecular weight excluding hydrogens is 332 g/mol. The van der Waals surface area contributed by atoms with Gasteiger partial charge in [0.15, 0.2) is 5.60 Å². The molecule has 0 bridgehead atoms. The van der Waals surface area contributed by atoms with Crippen molar-refractivity contribution < 1.29 is 14.3 Å². The van der Waals surface area contributed by atoms with E-state index in [4.69, 9.17) is 4.74 Å². The number of carbonyl (C=O) groups excluding carboxylic acids is 2. The number of likely N-dealkylation sites (tertiary alicyclic amines) is 1. The van der Waals surface area contributed by atoms with E-state index >= 15 is 0 Å². The standard InChI is InChI=1S/C19H20N4O3/c1-13-15(9-20)14-5-3-4-6-16(14)23(13)10-17(24)22-8-7-19(12-22)11-21(2)18(25)26-19/h3-6H,7-8,10-12H2,1-2H3/t19-/m1/s1. The number of likely N-dealkylation sites (N-methyl/N-ethyl adjacent to an activating group) is 1. The highest BCUT2D eigenvalue weighted by atomic mass is 16.6. The van der Waals surface area contributed by atoms with Crippen molar-refractivity contribution in [2.45, 2.75) is 25.5 Å². The highest BCUT2D eigenvalue weighted by molar-refractivity contribution is 5.89. The summed E-state index contributed by atoms with van der Waals surface area (Å²) in [4.78, 5) is 27.9. The van der Waals surface area contributed by atoms with E-state index < -0.39 is 5.60 Å². The Hall–Kier alpha value is -3.01. The average Bonchev–Trinajstić information content (AvgIpc) is 3.24. The topological polar surface area (TPSA) is 78.6 Å². The van der Waals surface area contributed by atoms with Crippen LogP contribution in [0.1, 0.15) is 17.7 Å². The van der Waals surface area contributed by atoms with Crippen molar-refractivity contribution in [3.63, 3.8) is 0 Å². The number of rotatable bonds is 2. The van der Waals surface area contributed by atoms with Gasteiger partial charge in [0, 0.05) is 31.1 Å². The van der Waals surface area contributed by atoms with Crippen molar-refractivity contribution in [1.82, 2.24) is 14.4 Å². The summed E-state index contributed by atoms with van der Waals surface area (Å²) in [6.07, 6.45) is 0.328. The monoisotopic (exact) mass is 352 g/mol. The maximum Gasteiger partial charge on any atom is 0.410 e. The second kappa shape index (κ2) is 5.77. The molecule has 134 valence electrons. The molecule has 7 heteroatoms. The lowest BCUT2D eigenvalue weighted by atomic mass is 10.0. The number of hydrogen-bond donors (Lipinski definition) is 0. The molecule has 2 aliphatic rings. The molecule has 0 unspecified atom stereocenters. The van der Waals surface area contributed by atoms with E-state index in [0.717, 1.165) is 16.6 Å². The van der Waals surface area contributed by atoms with Crippen LogP contribution in [0.4, 0.5) is 4.79 Å². The molecule has 2 amide bonds. The van der Waals surface area contributed by atoms with Crippen LogP contribution in [0.3, 0.4) is 0 Å². The van der Waals surface area contributed by atoms with Crippen LogP contribution < -0.4 is 0 Å². The van der Waals surface area contributed by atoms with Gasteiger partial charge in [0.05, 0.1) is 24.2 Å². The van der Waals surface area contributed by atoms with Crippen LogP contribution >= 0.6 is 0 Å². The molecule has 2 fully saturated rings. The van der Waals surface area contributed by atoms with Gasteiger partial charge in [-0.15, -0.1) is 0 Å². The van der Waals surface area contributed by atoms with Gasteiger partial charge in [0.2, 0.25) is 5.91 Å². The van der Waals surface area contributed by atoms with E-state index in [1.807, 2.05) is 35.8 Å². The first-order valence-corrected chi connectivity index (χ1v) is 8.64. The van der Waals surface area contributed by atoms with Crippen LogP contribution in [0, 0.1) is 18.3 Å². The van der Waals surface area contributed by atoms with Crippen LogP contribution in [0.15, 0.2) is 24.3 Å². The van der Waals surface area contributed by atoms with Crippen LogP contribution in [-0.2, 0) is 16.1 Å². The first kappa shape index (κ1) is 16.5. The lowest BCUT2D eigenvalue weighted by molar-refractivity contribution is -0.131. The number of nitrogens with zero attached hydrogens (tertiary/aromatic N) is 4. The molecule has 0 aliphatic carbocycles. The molecular formula is C19H20N4O3. The van der Waals surface area contributed by atoms with Crippen molar-refractivity contribution >= 4 is 22.9 Å². The van der Waals surface area contributed by atoms with E-state index in [-0.39, 0.29) is 18.5 Å². The van der Waals surface area contributed by atoms with Crippen molar-refractivity contribution in [2.24, 2.45) is 0 Å². The minimum Gasteiger partial charge on any atom is -0.439 e. The number of carbonyl (C=O) groups is 2. The number of para-hydroxylation sites is 1. The summed E-state index contributed by atoms with van der Waals surface area (Å²) >= 11 is 0. The number of fused-ring (bicyclic) bond motifs is 1. The molecule has 1 aromatic carbocycles. The fourth-order valence-corrected chi connectivity index (χ4v) is 4.07. The molecule has 1 atom stereocenters. The van der Waals surface area contributed by atoms with Crippen molar-refractivity contribution in [3.05, 3.63) is 35.5 Å². The van der Waals surface area contributed by atoms with Gasteiger partial charge < -0.3 is 19.1 Å². The third kappa shape index (κ3) is 2.41. The summed E-state index contributed by atoms with van der Waals surface area (Å²) in [6.45, 7) is 3.55. The molecule has 0 saturated carbocycles. The second-order valence-corrected chi connectivity index (χ2v) is 7.15. The van der Waals surface area contributed by atoms with Gasteiger partial charge in [-0.2, -0.15) is 5.26 Å². The minimum atomic E-state index is -0.576. The average molecular weight is 352 g/mol. The number of benzene rings is 1. The Morgan fingerprint density at radius 1 is 1.35 bits per heavy atom. The summed E-state index contributed by atoms with van der Waals surface area (Å²) < 4.78 is 7.41. The molecule has 3 heterocycles. The molecule has 2 aromatic rings. The van der Waals surface area contributed by atoms with Crippen LogP contribution in [0.25, 0.3) is 10.9 Å². The van der Waals surface area contributed by atoms with Gasteiger partial charge in [-0.25, -0.2) is 4.79 Å². The lowest BCUT2D eigenvalue weighted by Crippen LogP contribution is -2.40. The Morgan fingerprint density at radius 3 is 2.81 bits per heavy atom. The van der Waals surface area contributed by atoms with Crippen molar-refractivity contribution in [1.29, 1.82) is 5.26 Å². The molecule has 1 aromatic heterocycles. The molecule has 0 radical (unpaired) electrons. The van der Waals surface area contributed by atoms with E-state index in [9.17, 15) is 14.9 Å². The molecule has 4 rings (SSSR count). The minimum absolute atomic E-state index is 0.0270. The third-order valence-corrected chi connectivity index (χ3v) is 5.45. The van der Waals surface area contributed by atoms with Gasteiger partial charge in [-0.05, 0) is 13.0 Å². The Labute approximate surface area is 151 Å². The molecule has 2 aliphatic heterocycles. The number of hydrogen-bond acceptors (Lipinski definition) is 4. The Balaban J connectivity index is 1.57. The third-order valence-electron chi connectivity index (χ3n) is 5.45. The zero-order chi connectivity index (χ0) is 18.5. The summed E-state index contributed by atoms with van der Waals surface area (Å²) in [6, 6.07) is 9.87. The Morgan fingerprint density at radius 2 is 2.12 bits per heavy atom. The maximum atomic E-state index is 12.9. The Bertz CT molecular complexity index is 958. The zero-order valence-corrected chi connectivity index (χ0v) is 14.9. The van der Waals surface area contributed by atoms with Crippen LogP contribution in [0.5, 0.6) is 0 Å². The summed E-state index contributed by atoms with van der Waals surface area (Å²) in [5, 5.41) is 10.3. The number of aromatic nitrogens is 1. The largest absolute Gasteiger partial charge is 0.439 e. The van der Waals surface area contributed by atoms with E-state index in [2.05, 4.69) is 6.07 Å². The number of nitriles is 1. The van der Waals surface area contributed by atoms with Crippen LogP contribution in [-0.4, -0.2) is 58.7 Å². The highest BCUT2D eigenvalue weighted by Gasteiger charge is 2.49. The molecule has 0 N–H and O–H groups in total. The first-order valence-electron chi connectivity index (χ1n) is 8.64. The van der Waals surface area contributed by atoms with Gasteiger partial charge in [-0.3, -0.25) is 4.79 Å². The fraction of sp³-hybridized carbons (Fsp3) is 0.421. The predicted molar refractivity (Wildman–Crippen MR) is 94.4 cm³/mol. The smallest absolute Gasteiger partial charge is 0.410 e. The highest BCUT2D eigenvalue weighted by Crippen LogP contribution is 2.32. The van der Waals surface area contributed by atoms with E-state index in [1.165, 1.54) is 0 Å². The molecule has 1 spiro atoms.